The summed E-state index contributed by atoms with van der Waals surface area (Å²) in [5.74, 6) is 0. The van der Waals surface area contributed by atoms with E-state index >= 15 is 0 Å². The monoisotopic (exact) mass is 232 g/mol. The Morgan fingerprint density at radius 2 is 1.67 bits per heavy atom. The van der Waals surface area contributed by atoms with Crippen LogP contribution in [-0.4, -0.2) is 19.0 Å². The Morgan fingerprint density at radius 3 is 1.93 bits per heavy atom. The number of rotatable bonds is 1. The Labute approximate surface area is 89.8 Å². The first-order valence-corrected chi connectivity index (χ1v) is 5.76. The number of anilines is 1. The first-order chi connectivity index (χ1) is 6.75. The Morgan fingerprint density at radius 1 is 1.27 bits per heavy atom. The van der Waals surface area contributed by atoms with Gasteiger partial charge in [-0.1, -0.05) is 26.0 Å². The maximum Gasteiger partial charge on any atom is 0.296 e. The van der Waals surface area contributed by atoms with Gasteiger partial charge in [-0.05, 0) is 18.2 Å². The minimum Gasteiger partial charge on any atom is -0.398 e. The normalized spacial score (nSPS) is 10.7. The molecule has 1 aromatic rings. The molecule has 0 bridgehead atoms. The second-order valence-corrected chi connectivity index (χ2v) is 4.65. The van der Waals surface area contributed by atoms with Crippen molar-refractivity contribution in [3.05, 3.63) is 24.3 Å². The number of hydrogen-bond acceptors (Lipinski definition) is 4. The third kappa shape index (κ3) is 6.05. The molecule has 1 aromatic carbocycles. The lowest BCUT2D eigenvalue weighted by molar-refractivity contribution is 0.483. The number of nitrogens with two attached hydrogens (primary N) is 2. The molecule has 5 N–H and O–H groups in total. The molecule has 86 valence electrons. The van der Waals surface area contributed by atoms with Crippen LogP contribution in [0, 0.1) is 0 Å². The second kappa shape index (κ2) is 5.69. The number of para-hydroxylation sites is 1. The van der Waals surface area contributed by atoms with Gasteiger partial charge in [-0.15, -0.1) is 0 Å². The standard InChI is InChI=1S/C6H7NO3S.C3H9N/c7-5-3-1-2-4-6(5)11(8,9)10;1-3(2)4/h1-4H,7H2,(H,8,9,10);3H,4H2,1-2H3. The molecule has 0 unspecified atom stereocenters. The van der Waals surface area contributed by atoms with E-state index in [4.69, 9.17) is 16.0 Å². The summed E-state index contributed by atoms with van der Waals surface area (Å²) in [7, 11) is -4.16. The van der Waals surface area contributed by atoms with E-state index in [1.165, 1.54) is 18.2 Å². The molecule has 0 radical (unpaired) electrons. The molecule has 6 heteroatoms. The predicted molar refractivity (Wildman–Crippen MR) is 60.0 cm³/mol. The van der Waals surface area contributed by atoms with Gasteiger partial charge in [-0.3, -0.25) is 4.55 Å². The van der Waals surface area contributed by atoms with E-state index in [9.17, 15) is 8.42 Å². The summed E-state index contributed by atoms with van der Waals surface area (Å²) in [4.78, 5) is -0.250. The van der Waals surface area contributed by atoms with E-state index in [1.54, 1.807) is 6.07 Å². The molecule has 0 amide bonds. The summed E-state index contributed by atoms with van der Waals surface area (Å²) in [6.45, 7) is 3.89. The predicted octanol–water partition coefficient (Wildman–Crippen LogP) is 0.869. The Kier molecular flexibility index (Phi) is 5.27. The van der Waals surface area contributed by atoms with Gasteiger partial charge in [0.1, 0.15) is 4.90 Å². The van der Waals surface area contributed by atoms with Crippen LogP contribution in [0.5, 0.6) is 0 Å². The minimum absolute atomic E-state index is 0.0509. The van der Waals surface area contributed by atoms with E-state index < -0.39 is 10.1 Å². The highest BCUT2D eigenvalue weighted by Gasteiger charge is 2.11. The van der Waals surface area contributed by atoms with Crippen molar-refractivity contribution in [2.24, 2.45) is 5.73 Å². The van der Waals surface area contributed by atoms with Gasteiger partial charge in [-0.25, -0.2) is 0 Å². The Bertz CT molecular complexity index is 399. The van der Waals surface area contributed by atoms with Crippen LogP contribution < -0.4 is 11.5 Å². The smallest absolute Gasteiger partial charge is 0.296 e. The molecule has 0 saturated heterocycles. The summed E-state index contributed by atoms with van der Waals surface area (Å²) in [5.41, 5.74) is 10.4. The van der Waals surface area contributed by atoms with Gasteiger partial charge in [0.05, 0.1) is 5.69 Å². The number of nitrogen functional groups attached to an aromatic ring is 1. The summed E-state index contributed by atoms with van der Waals surface area (Å²) >= 11 is 0. The highest BCUT2D eigenvalue weighted by molar-refractivity contribution is 7.86. The highest BCUT2D eigenvalue weighted by atomic mass is 32.2. The molecule has 0 fully saturated rings. The van der Waals surface area contributed by atoms with Gasteiger partial charge in [0.25, 0.3) is 10.1 Å². The fourth-order valence-corrected chi connectivity index (χ4v) is 1.33. The van der Waals surface area contributed by atoms with E-state index in [-0.39, 0.29) is 10.6 Å². The molecule has 0 spiro atoms. The first kappa shape index (κ1) is 13.9. The summed E-state index contributed by atoms with van der Waals surface area (Å²) in [6.07, 6.45) is 0. The highest BCUT2D eigenvalue weighted by Crippen LogP contribution is 2.15. The maximum absolute atomic E-state index is 10.5. The van der Waals surface area contributed by atoms with Gasteiger partial charge in [0.15, 0.2) is 0 Å². The van der Waals surface area contributed by atoms with Crippen molar-refractivity contribution >= 4 is 15.8 Å². The van der Waals surface area contributed by atoms with Gasteiger partial charge in [0, 0.05) is 0 Å². The molecule has 1 rings (SSSR count). The van der Waals surface area contributed by atoms with Crippen molar-refractivity contribution in [2.75, 3.05) is 5.73 Å². The Balaban J connectivity index is 0.000000423. The van der Waals surface area contributed by atoms with Crippen molar-refractivity contribution in [3.8, 4) is 0 Å². The average molecular weight is 232 g/mol. The quantitative estimate of drug-likeness (QED) is 0.492. The molecule has 5 nitrogen and oxygen atoms in total. The van der Waals surface area contributed by atoms with E-state index in [2.05, 4.69) is 0 Å². The molecular formula is C9H16N2O3S. The van der Waals surface area contributed by atoms with Gasteiger partial charge >= 0.3 is 0 Å². The molecule has 15 heavy (non-hydrogen) atoms. The van der Waals surface area contributed by atoms with Crippen LogP contribution in [-0.2, 0) is 10.1 Å². The van der Waals surface area contributed by atoms with Gasteiger partial charge < -0.3 is 11.5 Å². The average Bonchev–Trinajstić information content (AvgIpc) is 2.01. The summed E-state index contributed by atoms with van der Waals surface area (Å²) in [5, 5.41) is 0. The fraction of sp³-hybridized carbons (Fsp3) is 0.333. The van der Waals surface area contributed by atoms with Crippen LogP contribution in [0.2, 0.25) is 0 Å². The molecule has 0 atom stereocenters. The van der Waals surface area contributed by atoms with E-state index in [0.717, 1.165) is 0 Å². The second-order valence-electron chi connectivity index (χ2n) is 3.26. The van der Waals surface area contributed by atoms with Crippen LogP contribution in [0.3, 0.4) is 0 Å². The molecule has 0 heterocycles. The third-order valence-electron chi connectivity index (χ3n) is 1.20. The van der Waals surface area contributed by atoms with Crippen LogP contribution >= 0.6 is 0 Å². The molecule has 0 aliphatic carbocycles. The minimum atomic E-state index is -4.16. The van der Waals surface area contributed by atoms with E-state index in [0.29, 0.717) is 6.04 Å². The lowest BCUT2D eigenvalue weighted by atomic mass is 10.3. The van der Waals surface area contributed by atoms with Crippen molar-refractivity contribution in [1.82, 2.24) is 0 Å². The lowest BCUT2D eigenvalue weighted by Gasteiger charge is -1.98. The molecule has 0 aromatic heterocycles. The SMILES string of the molecule is CC(C)N.Nc1ccccc1S(=O)(=O)O. The van der Waals surface area contributed by atoms with Crippen LogP contribution in [0.1, 0.15) is 13.8 Å². The summed E-state index contributed by atoms with van der Waals surface area (Å²) in [6, 6.07) is 6.05. The largest absolute Gasteiger partial charge is 0.398 e. The van der Waals surface area contributed by atoms with Gasteiger partial charge in [0.2, 0.25) is 0 Å². The zero-order valence-electron chi connectivity index (χ0n) is 8.71. The van der Waals surface area contributed by atoms with Crippen molar-refractivity contribution < 1.29 is 13.0 Å². The van der Waals surface area contributed by atoms with Crippen molar-refractivity contribution in [1.29, 1.82) is 0 Å². The third-order valence-corrected chi connectivity index (χ3v) is 2.12. The van der Waals surface area contributed by atoms with Crippen molar-refractivity contribution in [2.45, 2.75) is 24.8 Å². The zero-order valence-corrected chi connectivity index (χ0v) is 9.53. The Hall–Kier alpha value is -1.11. The maximum atomic E-state index is 10.5. The molecule has 0 saturated carbocycles. The van der Waals surface area contributed by atoms with E-state index in [1.807, 2.05) is 13.8 Å². The lowest BCUT2D eigenvalue weighted by Crippen LogP contribution is -2.06. The number of hydrogen-bond donors (Lipinski definition) is 3. The molecule has 0 aliphatic heterocycles. The first-order valence-electron chi connectivity index (χ1n) is 4.32. The van der Waals surface area contributed by atoms with Gasteiger partial charge in [-0.2, -0.15) is 8.42 Å². The topological polar surface area (TPSA) is 106 Å². The fourth-order valence-electron chi connectivity index (χ4n) is 0.715. The zero-order chi connectivity index (χ0) is 12.1. The summed E-state index contributed by atoms with van der Waals surface area (Å²) < 4.78 is 29.6. The van der Waals surface area contributed by atoms with Crippen LogP contribution in [0.15, 0.2) is 29.2 Å². The molecular weight excluding hydrogens is 216 g/mol. The number of benzene rings is 1. The van der Waals surface area contributed by atoms with Crippen LogP contribution in [0.4, 0.5) is 5.69 Å². The van der Waals surface area contributed by atoms with Crippen LogP contribution in [0.25, 0.3) is 0 Å². The van der Waals surface area contributed by atoms with Crippen molar-refractivity contribution in [3.63, 3.8) is 0 Å². The molecule has 0 aliphatic rings.